The average molecular weight is 370 g/mol. The van der Waals surface area contributed by atoms with Crippen molar-refractivity contribution in [2.45, 2.75) is 33.2 Å². The smallest absolute Gasteiger partial charge is 0.332 e. The van der Waals surface area contributed by atoms with Crippen LogP contribution in [0.4, 0.5) is 0 Å². The number of nitrogens with one attached hydrogen (secondary N) is 1. The molecule has 0 saturated heterocycles. The second-order valence-electron chi connectivity index (χ2n) is 6.56. The zero-order valence-corrected chi connectivity index (χ0v) is 15.8. The molecular formula is C19H22N4O4. The molecule has 0 fully saturated rings. The second-order valence-corrected chi connectivity index (χ2v) is 6.56. The van der Waals surface area contributed by atoms with Gasteiger partial charge < -0.3 is 9.73 Å². The number of aryl methyl sites for hydroxylation is 3. The van der Waals surface area contributed by atoms with Gasteiger partial charge in [-0.15, -0.1) is 0 Å². The van der Waals surface area contributed by atoms with Crippen molar-refractivity contribution in [2.75, 3.05) is 0 Å². The van der Waals surface area contributed by atoms with Gasteiger partial charge in [0.05, 0.1) is 18.2 Å². The normalized spacial score (nSPS) is 11.1. The summed E-state index contributed by atoms with van der Waals surface area (Å²) in [6.45, 7) is 3.99. The van der Waals surface area contributed by atoms with Crippen LogP contribution in [-0.2, 0) is 31.9 Å². The Balaban J connectivity index is 1.88. The number of aromatic nitrogens is 3. The summed E-state index contributed by atoms with van der Waals surface area (Å²) in [5.74, 6) is 0.575. The fourth-order valence-corrected chi connectivity index (χ4v) is 3.24. The molecular weight excluding hydrogens is 348 g/mol. The molecule has 3 rings (SSSR count). The van der Waals surface area contributed by atoms with E-state index in [0.717, 1.165) is 15.7 Å². The molecule has 1 amide bonds. The SMILES string of the molecule is Cc1nc2c(c(C)c1CCC(=O)NCc1ccco1)c(=O)n(C)c(=O)n2C. The fourth-order valence-electron chi connectivity index (χ4n) is 3.24. The van der Waals surface area contributed by atoms with E-state index in [1.165, 1.54) is 11.6 Å². The summed E-state index contributed by atoms with van der Waals surface area (Å²) in [6, 6.07) is 3.56. The third-order valence-corrected chi connectivity index (χ3v) is 4.81. The van der Waals surface area contributed by atoms with Gasteiger partial charge in [-0.2, -0.15) is 0 Å². The number of amides is 1. The van der Waals surface area contributed by atoms with E-state index >= 15 is 0 Å². The van der Waals surface area contributed by atoms with Crippen LogP contribution in [0.15, 0.2) is 32.4 Å². The zero-order chi connectivity index (χ0) is 19.7. The van der Waals surface area contributed by atoms with Gasteiger partial charge in [0.15, 0.2) is 0 Å². The highest BCUT2D eigenvalue weighted by Crippen LogP contribution is 2.20. The van der Waals surface area contributed by atoms with Gasteiger partial charge in [0.1, 0.15) is 11.4 Å². The largest absolute Gasteiger partial charge is 0.467 e. The van der Waals surface area contributed by atoms with Crippen molar-refractivity contribution in [2.24, 2.45) is 14.1 Å². The number of nitrogens with zero attached hydrogens (tertiary/aromatic N) is 3. The molecule has 0 aliphatic carbocycles. The Hall–Kier alpha value is -3.16. The van der Waals surface area contributed by atoms with E-state index in [0.29, 0.717) is 35.5 Å². The molecule has 0 atom stereocenters. The van der Waals surface area contributed by atoms with Crippen LogP contribution in [-0.4, -0.2) is 20.0 Å². The van der Waals surface area contributed by atoms with E-state index in [-0.39, 0.29) is 17.9 Å². The van der Waals surface area contributed by atoms with Crippen LogP contribution >= 0.6 is 0 Å². The van der Waals surface area contributed by atoms with E-state index in [1.807, 2.05) is 13.8 Å². The van der Waals surface area contributed by atoms with E-state index in [9.17, 15) is 14.4 Å². The third kappa shape index (κ3) is 3.42. The van der Waals surface area contributed by atoms with Crippen LogP contribution in [0.25, 0.3) is 11.0 Å². The molecule has 8 nitrogen and oxygen atoms in total. The van der Waals surface area contributed by atoms with E-state index < -0.39 is 5.69 Å². The van der Waals surface area contributed by atoms with E-state index in [1.54, 1.807) is 25.4 Å². The monoisotopic (exact) mass is 370 g/mol. The number of fused-ring (bicyclic) bond motifs is 1. The minimum Gasteiger partial charge on any atom is -0.467 e. The molecule has 0 radical (unpaired) electrons. The molecule has 142 valence electrons. The number of hydrogen-bond donors (Lipinski definition) is 1. The molecule has 8 heteroatoms. The van der Waals surface area contributed by atoms with E-state index in [2.05, 4.69) is 10.3 Å². The lowest BCUT2D eigenvalue weighted by molar-refractivity contribution is -0.121. The average Bonchev–Trinajstić information content (AvgIpc) is 3.16. The highest BCUT2D eigenvalue weighted by atomic mass is 16.3. The molecule has 0 saturated carbocycles. The Kier molecular flexibility index (Phi) is 4.98. The predicted molar refractivity (Wildman–Crippen MR) is 101 cm³/mol. The number of carbonyl (C=O) groups is 1. The molecule has 3 aromatic rings. The third-order valence-electron chi connectivity index (χ3n) is 4.81. The van der Waals surface area contributed by atoms with Crippen LogP contribution in [0.1, 0.15) is 29.0 Å². The van der Waals surface area contributed by atoms with Crippen LogP contribution < -0.4 is 16.6 Å². The molecule has 0 aromatic carbocycles. The summed E-state index contributed by atoms with van der Waals surface area (Å²) in [4.78, 5) is 41.3. The lowest BCUT2D eigenvalue weighted by Crippen LogP contribution is -2.38. The predicted octanol–water partition coefficient (Wildman–Crippen LogP) is 1.09. The van der Waals surface area contributed by atoms with Crippen molar-refractivity contribution >= 4 is 16.9 Å². The second kappa shape index (κ2) is 7.22. The summed E-state index contributed by atoms with van der Waals surface area (Å²) >= 11 is 0. The molecule has 1 N–H and O–H groups in total. The van der Waals surface area contributed by atoms with Crippen LogP contribution in [0.5, 0.6) is 0 Å². The fraction of sp³-hybridized carbons (Fsp3) is 0.368. The molecule has 0 spiro atoms. The number of rotatable bonds is 5. The maximum Gasteiger partial charge on any atom is 0.332 e. The Morgan fingerprint density at radius 1 is 1.22 bits per heavy atom. The maximum atomic E-state index is 12.6. The minimum absolute atomic E-state index is 0.112. The topological polar surface area (TPSA) is 99.1 Å². The summed E-state index contributed by atoms with van der Waals surface area (Å²) in [7, 11) is 3.04. The van der Waals surface area contributed by atoms with Gasteiger partial charge in [-0.25, -0.2) is 9.78 Å². The first-order chi connectivity index (χ1) is 12.8. The van der Waals surface area contributed by atoms with Crippen molar-refractivity contribution in [3.63, 3.8) is 0 Å². The zero-order valence-electron chi connectivity index (χ0n) is 15.8. The lowest BCUT2D eigenvalue weighted by Gasteiger charge is -2.14. The first kappa shape index (κ1) is 18.6. The minimum atomic E-state index is -0.413. The molecule has 27 heavy (non-hydrogen) atoms. The van der Waals surface area contributed by atoms with Crippen LogP contribution in [0.3, 0.4) is 0 Å². The summed E-state index contributed by atoms with van der Waals surface area (Å²) < 4.78 is 7.64. The van der Waals surface area contributed by atoms with Gasteiger partial charge in [-0.05, 0) is 43.5 Å². The van der Waals surface area contributed by atoms with Gasteiger partial charge in [0.25, 0.3) is 5.56 Å². The number of furan rings is 1. The quantitative estimate of drug-likeness (QED) is 0.725. The number of hydrogen-bond acceptors (Lipinski definition) is 5. The Bertz CT molecular complexity index is 1120. The Labute approximate surface area is 155 Å². The van der Waals surface area contributed by atoms with Gasteiger partial charge in [-0.3, -0.25) is 18.7 Å². The van der Waals surface area contributed by atoms with Crippen molar-refractivity contribution in [3.8, 4) is 0 Å². The standard InChI is InChI=1S/C19H22N4O4/c1-11-14(7-8-15(24)20-10-13-6-5-9-27-13)12(2)21-17-16(11)18(25)23(4)19(26)22(17)3/h5-6,9H,7-8,10H2,1-4H3,(H,20,24). The molecule has 0 bridgehead atoms. The van der Waals surface area contributed by atoms with Crippen LogP contribution in [0, 0.1) is 13.8 Å². The maximum absolute atomic E-state index is 12.6. The number of carbonyl (C=O) groups excluding carboxylic acids is 1. The van der Waals surface area contributed by atoms with Gasteiger partial charge in [0, 0.05) is 26.2 Å². The van der Waals surface area contributed by atoms with Crippen molar-refractivity contribution < 1.29 is 9.21 Å². The summed E-state index contributed by atoms with van der Waals surface area (Å²) in [6.07, 6.45) is 2.28. The highest BCUT2D eigenvalue weighted by Gasteiger charge is 2.17. The highest BCUT2D eigenvalue weighted by molar-refractivity contribution is 5.80. The molecule has 0 aliphatic heterocycles. The number of pyridine rings is 1. The Morgan fingerprint density at radius 2 is 1.96 bits per heavy atom. The molecule has 0 unspecified atom stereocenters. The van der Waals surface area contributed by atoms with Gasteiger partial charge in [0.2, 0.25) is 5.91 Å². The first-order valence-corrected chi connectivity index (χ1v) is 8.66. The summed E-state index contributed by atoms with van der Waals surface area (Å²) in [5, 5.41) is 3.22. The molecule has 0 aliphatic rings. The van der Waals surface area contributed by atoms with Gasteiger partial charge in [-0.1, -0.05) is 0 Å². The van der Waals surface area contributed by atoms with E-state index in [4.69, 9.17) is 4.42 Å². The van der Waals surface area contributed by atoms with Crippen LogP contribution in [0.2, 0.25) is 0 Å². The summed E-state index contributed by atoms with van der Waals surface area (Å²) in [5.41, 5.74) is 1.90. The Morgan fingerprint density at radius 3 is 2.63 bits per heavy atom. The molecule has 3 aromatic heterocycles. The first-order valence-electron chi connectivity index (χ1n) is 8.66. The van der Waals surface area contributed by atoms with Crippen molar-refractivity contribution in [3.05, 3.63) is 61.8 Å². The lowest BCUT2D eigenvalue weighted by atomic mass is 10.00. The van der Waals surface area contributed by atoms with Gasteiger partial charge >= 0.3 is 5.69 Å². The molecule has 3 heterocycles. The van der Waals surface area contributed by atoms with Crippen molar-refractivity contribution in [1.82, 2.24) is 19.4 Å². The van der Waals surface area contributed by atoms with Crippen molar-refractivity contribution in [1.29, 1.82) is 0 Å².